The Balaban J connectivity index is 1.65. The lowest BCUT2D eigenvalue weighted by Crippen LogP contribution is -2.42. The van der Waals surface area contributed by atoms with Gasteiger partial charge < -0.3 is 11.1 Å². The van der Waals surface area contributed by atoms with Gasteiger partial charge in [-0.1, -0.05) is 43.7 Å². The maximum absolute atomic E-state index is 6.13. The second-order valence-corrected chi connectivity index (χ2v) is 5.74. The lowest BCUT2D eigenvalue weighted by Gasteiger charge is -2.38. The third-order valence-corrected chi connectivity index (χ3v) is 3.86. The van der Waals surface area contributed by atoms with Gasteiger partial charge in [0, 0.05) is 19.1 Å². The molecule has 0 saturated heterocycles. The molecule has 17 heavy (non-hydrogen) atoms. The minimum Gasteiger partial charge on any atom is -0.326 e. The van der Waals surface area contributed by atoms with E-state index in [4.69, 9.17) is 5.73 Å². The van der Waals surface area contributed by atoms with Crippen molar-refractivity contribution in [3.63, 3.8) is 0 Å². The van der Waals surface area contributed by atoms with E-state index in [2.05, 4.69) is 36.5 Å². The Morgan fingerprint density at radius 1 is 1.29 bits per heavy atom. The van der Waals surface area contributed by atoms with Crippen molar-refractivity contribution in [1.82, 2.24) is 5.32 Å². The summed E-state index contributed by atoms with van der Waals surface area (Å²) in [5.74, 6) is 0. The monoisotopic (exact) mass is 232 g/mol. The lowest BCUT2D eigenvalue weighted by molar-refractivity contribution is 0.156. The molecule has 94 valence electrons. The Labute approximate surface area is 105 Å². The Bertz CT molecular complexity index is 330. The van der Waals surface area contributed by atoms with Gasteiger partial charge in [0.15, 0.2) is 0 Å². The number of rotatable bonds is 6. The van der Waals surface area contributed by atoms with Crippen LogP contribution in [0.4, 0.5) is 0 Å². The quantitative estimate of drug-likeness (QED) is 0.790. The van der Waals surface area contributed by atoms with Crippen molar-refractivity contribution < 1.29 is 0 Å². The van der Waals surface area contributed by atoms with Gasteiger partial charge in [0.05, 0.1) is 0 Å². The molecule has 1 atom stereocenters. The van der Waals surface area contributed by atoms with Gasteiger partial charge in [0.1, 0.15) is 0 Å². The summed E-state index contributed by atoms with van der Waals surface area (Å²) in [4.78, 5) is 0. The predicted molar refractivity (Wildman–Crippen MR) is 72.9 cm³/mol. The first-order valence-corrected chi connectivity index (χ1v) is 6.68. The molecule has 2 heteroatoms. The summed E-state index contributed by atoms with van der Waals surface area (Å²) in [7, 11) is 0. The first-order chi connectivity index (χ1) is 8.18. The standard InChI is InChI=1S/C15H24N2/c1-15(8-5-9-15)12-17-11-14(16)10-13-6-3-2-4-7-13/h2-4,6-7,14,17H,5,8-12,16H2,1H3. The van der Waals surface area contributed by atoms with Gasteiger partial charge in [0.2, 0.25) is 0 Å². The van der Waals surface area contributed by atoms with E-state index in [9.17, 15) is 0 Å². The average molecular weight is 232 g/mol. The minimum atomic E-state index is 0.223. The zero-order valence-electron chi connectivity index (χ0n) is 10.8. The molecule has 0 heterocycles. The molecule has 0 bridgehead atoms. The second-order valence-electron chi connectivity index (χ2n) is 5.74. The first kappa shape index (κ1) is 12.6. The van der Waals surface area contributed by atoms with E-state index < -0.39 is 0 Å². The number of nitrogens with two attached hydrogens (primary N) is 1. The van der Waals surface area contributed by atoms with E-state index in [1.807, 2.05) is 6.07 Å². The third kappa shape index (κ3) is 3.83. The van der Waals surface area contributed by atoms with Crippen LogP contribution in [0.25, 0.3) is 0 Å². The summed E-state index contributed by atoms with van der Waals surface area (Å²) in [6.45, 7) is 4.41. The summed E-state index contributed by atoms with van der Waals surface area (Å²) in [6, 6.07) is 10.7. The van der Waals surface area contributed by atoms with E-state index in [0.717, 1.165) is 19.5 Å². The molecular weight excluding hydrogens is 208 g/mol. The third-order valence-electron chi connectivity index (χ3n) is 3.86. The van der Waals surface area contributed by atoms with Crippen LogP contribution in [0.2, 0.25) is 0 Å². The molecule has 0 radical (unpaired) electrons. The molecule has 1 aliphatic rings. The van der Waals surface area contributed by atoms with Gasteiger partial charge in [-0.15, -0.1) is 0 Å². The van der Waals surface area contributed by atoms with Crippen molar-refractivity contribution in [2.45, 2.75) is 38.6 Å². The number of hydrogen-bond acceptors (Lipinski definition) is 2. The molecule has 0 aliphatic heterocycles. The van der Waals surface area contributed by atoms with E-state index in [0.29, 0.717) is 5.41 Å². The van der Waals surface area contributed by atoms with Crippen molar-refractivity contribution in [3.8, 4) is 0 Å². The first-order valence-electron chi connectivity index (χ1n) is 6.68. The van der Waals surface area contributed by atoms with Crippen LogP contribution in [0.5, 0.6) is 0 Å². The van der Waals surface area contributed by atoms with Gasteiger partial charge in [-0.25, -0.2) is 0 Å². The zero-order chi connectivity index (χ0) is 12.1. The SMILES string of the molecule is CC1(CNCC(N)Cc2ccccc2)CCC1. The molecule has 1 aliphatic carbocycles. The smallest absolute Gasteiger partial charge is 0.0206 e. The number of nitrogens with one attached hydrogen (secondary N) is 1. The predicted octanol–water partition coefficient (Wildman–Crippen LogP) is 2.34. The summed E-state index contributed by atoms with van der Waals surface area (Å²) in [6.07, 6.45) is 5.10. The summed E-state index contributed by atoms with van der Waals surface area (Å²) < 4.78 is 0. The topological polar surface area (TPSA) is 38.0 Å². The van der Waals surface area contributed by atoms with Crippen LogP contribution in [0, 0.1) is 5.41 Å². The van der Waals surface area contributed by atoms with Crippen LogP contribution in [-0.4, -0.2) is 19.1 Å². The highest BCUT2D eigenvalue weighted by molar-refractivity contribution is 5.15. The van der Waals surface area contributed by atoms with Crippen LogP contribution in [0.1, 0.15) is 31.7 Å². The van der Waals surface area contributed by atoms with Crippen LogP contribution in [0.3, 0.4) is 0 Å². The normalized spacial score (nSPS) is 19.6. The fourth-order valence-corrected chi connectivity index (χ4v) is 2.51. The molecule has 2 rings (SSSR count). The Morgan fingerprint density at radius 3 is 2.59 bits per heavy atom. The molecule has 2 nitrogen and oxygen atoms in total. The van der Waals surface area contributed by atoms with Crippen molar-refractivity contribution in [1.29, 1.82) is 0 Å². The highest BCUT2D eigenvalue weighted by atomic mass is 14.9. The van der Waals surface area contributed by atoms with Crippen molar-refractivity contribution in [3.05, 3.63) is 35.9 Å². The second kappa shape index (κ2) is 5.65. The molecule has 1 aromatic carbocycles. The van der Waals surface area contributed by atoms with E-state index in [1.54, 1.807) is 0 Å². The molecule has 3 N–H and O–H groups in total. The van der Waals surface area contributed by atoms with E-state index >= 15 is 0 Å². The zero-order valence-corrected chi connectivity index (χ0v) is 10.8. The summed E-state index contributed by atoms with van der Waals surface area (Å²) in [5.41, 5.74) is 8.01. The van der Waals surface area contributed by atoms with Crippen molar-refractivity contribution in [2.24, 2.45) is 11.1 Å². The van der Waals surface area contributed by atoms with E-state index in [-0.39, 0.29) is 6.04 Å². The Kier molecular flexibility index (Phi) is 4.19. The van der Waals surface area contributed by atoms with Gasteiger partial charge in [-0.3, -0.25) is 0 Å². The molecule has 1 saturated carbocycles. The summed E-state index contributed by atoms with van der Waals surface area (Å²) in [5, 5.41) is 3.52. The maximum atomic E-state index is 6.13. The van der Waals surface area contributed by atoms with Crippen LogP contribution < -0.4 is 11.1 Å². The van der Waals surface area contributed by atoms with Crippen molar-refractivity contribution >= 4 is 0 Å². The molecule has 0 amide bonds. The highest BCUT2D eigenvalue weighted by Gasteiger charge is 2.30. The summed E-state index contributed by atoms with van der Waals surface area (Å²) >= 11 is 0. The lowest BCUT2D eigenvalue weighted by atomic mass is 9.70. The molecule has 0 aromatic heterocycles. The van der Waals surface area contributed by atoms with Gasteiger partial charge in [-0.2, -0.15) is 0 Å². The Morgan fingerprint density at radius 2 is 2.00 bits per heavy atom. The van der Waals surface area contributed by atoms with Crippen LogP contribution in [0.15, 0.2) is 30.3 Å². The Hall–Kier alpha value is -0.860. The highest BCUT2D eigenvalue weighted by Crippen LogP contribution is 2.39. The molecule has 1 aromatic rings. The van der Waals surface area contributed by atoms with Gasteiger partial charge in [0.25, 0.3) is 0 Å². The van der Waals surface area contributed by atoms with E-state index in [1.165, 1.54) is 24.8 Å². The minimum absolute atomic E-state index is 0.223. The van der Waals surface area contributed by atoms with Crippen molar-refractivity contribution in [2.75, 3.05) is 13.1 Å². The number of hydrogen-bond donors (Lipinski definition) is 2. The maximum Gasteiger partial charge on any atom is 0.0206 e. The fourth-order valence-electron chi connectivity index (χ4n) is 2.51. The van der Waals surface area contributed by atoms with Crippen LogP contribution >= 0.6 is 0 Å². The molecule has 0 spiro atoms. The molecule has 1 fully saturated rings. The van der Waals surface area contributed by atoms with Gasteiger partial charge >= 0.3 is 0 Å². The fraction of sp³-hybridized carbons (Fsp3) is 0.600. The molecule has 1 unspecified atom stereocenters. The average Bonchev–Trinajstić information content (AvgIpc) is 2.28. The van der Waals surface area contributed by atoms with Gasteiger partial charge in [-0.05, 0) is 30.2 Å². The largest absolute Gasteiger partial charge is 0.326 e. The number of benzene rings is 1. The molecular formula is C15H24N2. The van der Waals surface area contributed by atoms with Crippen LogP contribution in [-0.2, 0) is 6.42 Å².